The Morgan fingerprint density at radius 2 is 1.03 bits per heavy atom. The molecule has 4 aliphatic rings. The molecular formula is C46H62N16O7S2. The van der Waals surface area contributed by atoms with Crippen LogP contribution in [-0.2, 0) is 32.2 Å². The van der Waals surface area contributed by atoms with Crippen LogP contribution in [0.15, 0.2) is 24.8 Å². The smallest absolute Gasteiger partial charge is 0.332 e. The van der Waals surface area contributed by atoms with Crippen molar-refractivity contribution in [3.05, 3.63) is 45.7 Å². The van der Waals surface area contributed by atoms with Crippen molar-refractivity contribution >= 4 is 78.8 Å². The van der Waals surface area contributed by atoms with Gasteiger partial charge in [0.25, 0.3) is 5.91 Å². The number of aromatic nitrogens is 8. The lowest BCUT2D eigenvalue weighted by atomic mass is 10.1. The van der Waals surface area contributed by atoms with Gasteiger partial charge in [-0.3, -0.25) is 14.6 Å². The molecule has 1 amide bonds. The van der Waals surface area contributed by atoms with E-state index in [-0.39, 0.29) is 17.8 Å². The second-order valence-electron chi connectivity index (χ2n) is 17.5. The molecule has 0 aromatic carbocycles. The Morgan fingerprint density at radius 1 is 0.634 bits per heavy atom. The number of aliphatic hydroxyl groups excluding tert-OH is 2. The predicted molar refractivity (Wildman–Crippen MR) is 272 cm³/mol. The van der Waals surface area contributed by atoms with Crippen molar-refractivity contribution in [3.8, 4) is 22.5 Å². The van der Waals surface area contributed by atoms with Gasteiger partial charge in [-0.2, -0.15) is 0 Å². The maximum Gasteiger partial charge on any atom is 0.332 e. The second kappa shape index (κ2) is 23.6. The van der Waals surface area contributed by atoms with Crippen molar-refractivity contribution in [2.75, 3.05) is 126 Å². The molecule has 4 fully saturated rings. The Kier molecular flexibility index (Phi) is 17.1. The van der Waals surface area contributed by atoms with Crippen molar-refractivity contribution in [2.45, 2.75) is 53.0 Å². The van der Waals surface area contributed by atoms with E-state index in [0.29, 0.717) is 45.5 Å². The van der Waals surface area contributed by atoms with Crippen molar-refractivity contribution in [1.29, 1.82) is 0 Å². The number of morpholine rings is 2. The number of aryl methyl sites for hydroxylation is 2. The quantitative estimate of drug-likeness (QED) is 0.114. The van der Waals surface area contributed by atoms with E-state index in [9.17, 15) is 14.7 Å². The van der Waals surface area contributed by atoms with Crippen molar-refractivity contribution in [1.82, 2.24) is 59.9 Å². The monoisotopic (exact) mass is 1010 g/mol. The molecule has 6 aromatic rings. The Morgan fingerprint density at radius 3 is 1.41 bits per heavy atom. The minimum Gasteiger partial charge on any atom is -0.479 e. The molecule has 0 bridgehead atoms. The van der Waals surface area contributed by atoms with E-state index in [1.807, 2.05) is 0 Å². The maximum absolute atomic E-state index is 12.1. The topological polar surface area (TPSA) is 297 Å². The fourth-order valence-corrected chi connectivity index (χ4v) is 10.7. The molecule has 4 aliphatic heterocycles. The average Bonchev–Trinajstić information content (AvgIpc) is 3.88. The summed E-state index contributed by atoms with van der Waals surface area (Å²) in [7, 11) is 0. The number of nitrogens with two attached hydrogens (primary N) is 2. The number of carboxylic acids is 1. The van der Waals surface area contributed by atoms with Gasteiger partial charge in [-0.05, 0) is 27.7 Å². The Balaban J connectivity index is 0.000000172. The number of ether oxygens (including phenoxy) is 2. The molecule has 380 valence electrons. The number of hydrogen-bond acceptors (Lipinski definition) is 23. The van der Waals surface area contributed by atoms with Crippen LogP contribution in [0.25, 0.3) is 42.9 Å². The third-order valence-electron chi connectivity index (χ3n) is 12.5. The van der Waals surface area contributed by atoms with E-state index in [1.54, 1.807) is 52.4 Å². The number of hydrogen-bond donors (Lipinski definition) is 6. The van der Waals surface area contributed by atoms with Gasteiger partial charge in [0.05, 0.1) is 58.2 Å². The summed E-state index contributed by atoms with van der Waals surface area (Å²) < 4.78 is 13.1. The summed E-state index contributed by atoms with van der Waals surface area (Å²) in [5, 5.41) is 28.8. The van der Waals surface area contributed by atoms with E-state index in [1.165, 1.54) is 34.7 Å². The number of nitrogens with one attached hydrogen (secondary N) is 1. The maximum atomic E-state index is 12.1. The molecule has 0 spiro atoms. The van der Waals surface area contributed by atoms with Gasteiger partial charge in [-0.1, -0.05) is 0 Å². The van der Waals surface area contributed by atoms with Crippen LogP contribution in [0.3, 0.4) is 0 Å². The SMILES string of the molecule is C[C@H](O)C(=O)O.Cc1sc2c(-c3cnc(N)nc3)nc(N3CCOCC3)nc2c1CN1CCN(C(=O)[C@H](C)O)CC1.Cc1sc2c(-c3cnc(N)nc3)nc(N3CCOCC3)nc2c1CN1CCNCC1. The summed E-state index contributed by atoms with van der Waals surface area (Å²) in [4.78, 5) is 71.7. The number of aliphatic hydroxyl groups is 2. The number of piperazine rings is 2. The van der Waals surface area contributed by atoms with Crippen LogP contribution in [0.4, 0.5) is 23.8 Å². The third kappa shape index (κ3) is 12.6. The average molecular weight is 1020 g/mol. The predicted octanol–water partition coefficient (Wildman–Crippen LogP) is 1.63. The molecule has 2 atom stereocenters. The fourth-order valence-electron chi connectivity index (χ4n) is 8.44. The molecule has 71 heavy (non-hydrogen) atoms. The van der Waals surface area contributed by atoms with E-state index < -0.39 is 18.2 Å². The number of carbonyl (C=O) groups is 2. The summed E-state index contributed by atoms with van der Waals surface area (Å²) in [5.74, 6) is 0.522. The lowest BCUT2D eigenvalue weighted by Crippen LogP contribution is -2.50. The van der Waals surface area contributed by atoms with E-state index >= 15 is 0 Å². The molecule has 23 nitrogen and oxygen atoms in total. The van der Waals surface area contributed by atoms with Crippen LogP contribution in [0.2, 0.25) is 0 Å². The zero-order valence-electron chi connectivity index (χ0n) is 40.5. The number of rotatable bonds is 10. The van der Waals surface area contributed by atoms with Crippen LogP contribution in [-0.4, -0.2) is 199 Å². The lowest BCUT2D eigenvalue weighted by molar-refractivity contribution is -0.145. The highest BCUT2D eigenvalue weighted by atomic mass is 32.1. The molecule has 0 aliphatic carbocycles. The first-order valence-corrected chi connectivity index (χ1v) is 25.3. The van der Waals surface area contributed by atoms with E-state index in [2.05, 4.69) is 58.7 Å². The second-order valence-corrected chi connectivity index (χ2v) is 20.0. The number of amides is 1. The Labute approximate surface area is 418 Å². The van der Waals surface area contributed by atoms with Crippen molar-refractivity contribution in [2.24, 2.45) is 0 Å². The summed E-state index contributed by atoms with van der Waals surface area (Å²) in [6.07, 6.45) is 4.72. The summed E-state index contributed by atoms with van der Waals surface area (Å²) in [5.41, 5.74) is 19.2. The van der Waals surface area contributed by atoms with Gasteiger partial charge >= 0.3 is 5.97 Å². The first kappa shape index (κ1) is 51.5. The van der Waals surface area contributed by atoms with Crippen LogP contribution in [0.5, 0.6) is 0 Å². The van der Waals surface area contributed by atoms with Gasteiger partial charge in [-0.25, -0.2) is 44.7 Å². The van der Waals surface area contributed by atoms with E-state index in [0.717, 1.165) is 127 Å². The molecular weight excluding hydrogens is 953 g/mol. The van der Waals surface area contributed by atoms with E-state index in [4.69, 9.17) is 51.1 Å². The van der Waals surface area contributed by atoms with Gasteiger partial charge in [-0.15, -0.1) is 22.7 Å². The van der Waals surface area contributed by atoms with Crippen LogP contribution < -0.4 is 26.6 Å². The van der Waals surface area contributed by atoms with Gasteiger partial charge in [0.2, 0.25) is 23.8 Å². The lowest BCUT2D eigenvalue weighted by Gasteiger charge is -2.35. The molecule has 0 saturated carbocycles. The van der Waals surface area contributed by atoms with Gasteiger partial charge in [0.15, 0.2) is 0 Å². The van der Waals surface area contributed by atoms with Gasteiger partial charge in [0, 0.05) is 148 Å². The van der Waals surface area contributed by atoms with Crippen LogP contribution in [0.1, 0.15) is 34.7 Å². The first-order valence-electron chi connectivity index (χ1n) is 23.7. The highest BCUT2D eigenvalue weighted by Gasteiger charge is 2.28. The number of aliphatic carboxylic acids is 1. The minimum absolute atomic E-state index is 0.208. The summed E-state index contributed by atoms with van der Waals surface area (Å²) >= 11 is 3.43. The van der Waals surface area contributed by atoms with Crippen molar-refractivity contribution in [3.63, 3.8) is 0 Å². The standard InChI is InChI=1S/C23H30N8O3S.C20H26N8OS.C3H6O3/c1-14(32)21(33)30-5-3-29(4-6-30)13-17-15(2)35-20-18(16-11-25-22(24)26-12-16)27-23(28-19(17)20)31-7-9-34-10-8-31;1-13-15(12-27-4-2-22-3-5-27)17-18(30-13)16(14-10-23-19(21)24-11-14)25-20(26-17)28-6-8-29-9-7-28;1-2(4)3(5)6/h11-12,14,32H,3-10,13H2,1-2H3,(H2,24,25,26);10-11,22H,2-9,12H2,1H3,(H2,21,23,24);2,4H,1H3,(H,5,6)/t14-;;2-/m0.0/s1. The van der Waals surface area contributed by atoms with Gasteiger partial charge < -0.3 is 56.3 Å². The summed E-state index contributed by atoms with van der Waals surface area (Å²) in [6.45, 7) is 21.3. The Hall–Kier alpha value is -5.90. The number of nitrogens with zero attached hydrogens (tertiary/aromatic N) is 13. The molecule has 6 aromatic heterocycles. The number of anilines is 4. The van der Waals surface area contributed by atoms with Crippen LogP contribution in [0, 0.1) is 13.8 Å². The highest BCUT2D eigenvalue weighted by Crippen LogP contribution is 2.39. The molecule has 25 heteroatoms. The van der Waals surface area contributed by atoms with Crippen molar-refractivity contribution < 1.29 is 34.4 Å². The zero-order chi connectivity index (χ0) is 50.2. The molecule has 10 heterocycles. The molecule has 10 rings (SSSR count). The molecule has 8 N–H and O–H groups in total. The number of fused-ring (bicyclic) bond motifs is 2. The zero-order valence-corrected chi connectivity index (χ0v) is 42.1. The normalized spacial score (nSPS) is 17.9. The van der Waals surface area contributed by atoms with Crippen LogP contribution >= 0.6 is 22.7 Å². The largest absolute Gasteiger partial charge is 0.479 e. The fraction of sp³-hybridized carbons (Fsp3) is 0.522. The molecule has 0 unspecified atom stereocenters. The number of carbonyl (C=O) groups excluding carboxylic acids is 1. The minimum atomic E-state index is -1.23. The summed E-state index contributed by atoms with van der Waals surface area (Å²) in [6, 6.07) is 0. The Bertz CT molecular complexity index is 2750. The first-order chi connectivity index (χ1) is 34.2. The molecule has 4 saturated heterocycles. The number of carboxylic acid groups (broad SMARTS) is 1. The third-order valence-corrected chi connectivity index (χ3v) is 14.8. The van der Waals surface area contributed by atoms with Gasteiger partial charge in [0.1, 0.15) is 12.2 Å². The highest BCUT2D eigenvalue weighted by molar-refractivity contribution is 7.20. The molecule has 0 radical (unpaired) electrons. The number of thiophene rings is 2. The number of nitrogen functional groups attached to an aromatic ring is 2.